The summed E-state index contributed by atoms with van der Waals surface area (Å²) in [6, 6.07) is 0. The van der Waals surface area contributed by atoms with Crippen molar-refractivity contribution in [1.82, 2.24) is 0 Å². The Balaban J connectivity index is 2.62. The van der Waals surface area contributed by atoms with E-state index in [4.69, 9.17) is 14.2 Å². The van der Waals surface area contributed by atoms with Crippen LogP contribution in [0.2, 0.25) is 0 Å². The normalized spacial score (nSPS) is 24.3. The van der Waals surface area contributed by atoms with E-state index in [0.29, 0.717) is 19.3 Å². The molecular weight excluding hydrogens is 382 g/mol. The minimum Gasteiger partial charge on any atom is -0.481 e. The average Bonchev–Trinajstić information content (AvgIpc) is 2.95. The molecule has 0 heterocycles. The van der Waals surface area contributed by atoms with Crippen LogP contribution in [0.25, 0.3) is 0 Å². The summed E-state index contributed by atoms with van der Waals surface area (Å²) < 4.78 is 10.9. The minimum absolute atomic E-state index is 0.0347. The topological polar surface area (TPSA) is 72.8 Å². The monoisotopic (exact) mass is 416 g/mol. The summed E-state index contributed by atoms with van der Waals surface area (Å²) in [4.78, 5) is 22.9. The first-order valence-electron chi connectivity index (χ1n) is 9.82. The first kappa shape index (κ1) is 24.4. The van der Waals surface area contributed by atoms with Crippen LogP contribution in [0.15, 0.2) is 24.3 Å². The molecule has 0 aromatic carbocycles. The van der Waals surface area contributed by atoms with Crippen LogP contribution in [0.5, 0.6) is 0 Å². The van der Waals surface area contributed by atoms with Crippen molar-refractivity contribution >= 4 is 30.7 Å². The summed E-state index contributed by atoms with van der Waals surface area (Å²) in [7, 11) is 4.62. The number of rotatable bonds is 14. The lowest BCUT2D eigenvalue weighted by Crippen LogP contribution is -2.19. The highest BCUT2D eigenvalue weighted by atomic mass is 31.0. The number of ketones is 1. The van der Waals surface area contributed by atoms with Gasteiger partial charge in [-0.25, -0.2) is 0 Å². The molecule has 0 aromatic rings. The molecule has 4 unspecified atom stereocenters. The maximum Gasteiger partial charge on any atom is 0.303 e. The highest BCUT2D eigenvalue weighted by Gasteiger charge is 2.40. The third kappa shape index (κ3) is 9.43. The van der Waals surface area contributed by atoms with E-state index >= 15 is 0 Å². The standard InChI is InChI=1S/C20H34O5P2/c1-2-3-6-9-15(24-26)12-13-17-16(18(21)14-19(17)25-27)10-7-4-5-8-11-20(22)23/h4,7,12-13,15-17,19H,2-3,5-6,8-11,14,26-27H2,1H3,(H,22,23)/t15?,16-,17-,19?/m1/s1. The lowest BCUT2D eigenvalue weighted by atomic mass is 9.90. The van der Waals surface area contributed by atoms with E-state index in [2.05, 4.69) is 38.0 Å². The second kappa shape index (κ2) is 14.4. The number of allylic oxidation sites excluding steroid dienone is 2. The van der Waals surface area contributed by atoms with E-state index < -0.39 is 5.97 Å². The van der Waals surface area contributed by atoms with E-state index in [1.54, 1.807) is 0 Å². The molecule has 0 bridgehead atoms. The molecule has 0 aliphatic heterocycles. The molecule has 154 valence electrons. The van der Waals surface area contributed by atoms with Gasteiger partial charge in [0.05, 0.1) is 12.2 Å². The van der Waals surface area contributed by atoms with Crippen molar-refractivity contribution in [3.63, 3.8) is 0 Å². The molecular formula is C20H34O5P2. The summed E-state index contributed by atoms with van der Waals surface area (Å²) in [6.07, 6.45) is 15.1. The summed E-state index contributed by atoms with van der Waals surface area (Å²) in [6.45, 7) is 2.18. The van der Waals surface area contributed by atoms with E-state index in [1.807, 2.05) is 12.2 Å². The van der Waals surface area contributed by atoms with Crippen LogP contribution in [0.1, 0.15) is 64.7 Å². The zero-order chi connectivity index (χ0) is 20.1. The third-order valence-electron chi connectivity index (χ3n) is 5.02. The number of hydrogen-bond acceptors (Lipinski definition) is 4. The number of carboxylic acids is 1. The fourth-order valence-corrected chi connectivity index (χ4v) is 3.94. The first-order chi connectivity index (χ1) is 13.0. The molecule has 7 heteroatoms. The van der Waals surface area contributed by atoms with Crippen LogP contribution >= 0.6 is 18.9 Å². The van der Waals surface area contributed by atoms with Crippen LogP contribution in [0.4, 0.5) is 0 Å². The Morgan fingerprint density at radius 1 is 1.30 bits per heavy atom. The number of carbonyl (C=O) groups excluding carboxylic acids is 1. The van der Waals surface area contributed by atoms with Crippen molar-refractivity contribution in [1.29, 1.82) is 0 Å². The van der Waals surface area contributed by atoms with Crippen molar-refractivity contribution < 1.29 is 23.7 Å². The van der Waals surface area contributed by atoms with E-state index in [9.17, 15) is 9.59 Å². The number of carbonyl (C=O) groups is 2. The molecule has 6 atom stereocenters. The second-order valence-corrected chi connectivity index (χ2v) is 7.62. The van der Waals surface area contributed by atoms with Crippen LogP contribution in [0, 0.1) is 11.8 Å². The molecule has 0 saturated heterocycles. The minimum atomic E-state index is -0.773. The molecule has 5 nitrogen and oxygen atoms in total. The number of unbranched alkanes of at least 4 members (excludes halogenated alkanes) is 3. The van der Waals surface area contributed by atoms with Gasteiger partial charge in [-0.3, -0.25) is 9.59 Å². The van der Waals surface area contributed by atoms with Gasteiger partial charge in [-0.15, -0.1) is 0 Å². The van der Waals surface area contributed by atoms with Gasteiger partial charge in [0.25, 0.3) is 0 Å². The summed E-state index contributed by atoms with van der Waals surface area (Å²) in [5.41, 5.74) is 0. The quantitative estimate of drug-likeness (QED) is 0.248. The predicted octanol–water partition coefficient (Wildman–Crippen LogP) is 4.88. The molecule has 1 N–H and O–H groups in total. The van der Waals surface area contributed by atoms with Gasteiger partial charge < -0.3 is 14.2 Å². The fraction of sp³-hybridized carbons (Fsp3) is 0.700. The maximum absolute atomic E-state index is 12.4. The van der Waals surface area contributed by atoms with Crippen LogP contribution < -0.4 is 0 Å². The Morgan fingerprint density at radius 2 is 2.07 bits per heavy atom. The second-order valence-electron chi connectivity index (χ2n) is 7.08. The largest absolute Gasteiger partial charge is 0.481 e. The SMILES string of the molecule is CCCCCC(C=C[C@H]1C(OP)CC(=O)[C@@H]1CC=CCCCC(=O)O)OP. The lowest BCUT2D eigenvalue weighted by Gasteiger charge is -2.19. The number of hydrogen-bond donors (Lipinski definition) is 1. The molecule has 1 rings (SSSR count). The van der Waals surface area contributed by atoms with Gasteiger partial charge in [0.1, 0.15) is 5.78 Å². The highest BCUT2D eigenvalue weighted by molar-refractivity contribution is 7.10. The Kier molecular flexibility index (Phi) is 13.0. The molecule has 1 aliphatic rings. The van der Waals surface area contributed by atoms with Crippen molar-refractivity contribution in [2.75, 3.05) is 0 Å². The van der Waals surface area contributed by atoms with Gasteiger partial charge in [-0.2, -0.15) is 0 Å². The van der Waals surface area contributed by atoms with E-state index in [0.717, 1.165) is 19.3 Å². The first-order valence-corrected chi connectivity index (χ1v) is 10.8. The summed E-state index contributed by atoms with van der Waals surface area (Å²) in [5, 5.41) is 8.66. The Labute approximate surface area is 167 Å². The highest BCUT2D eigenvalue weighted by Crippen LogP contribution is 2.36. The Morgan fingerprint density at radius 3 is 2.70 bits per heavy atom. The van der Waals surface area contributed by atoms with Gasteiger partial charge in [0.2, 0.25) is 0 Å². The molecule has 0 amide bonds. The molecule has 0 radical (unpaired) electrons. The predicted molar refractivity (Wildman–Crippen MR) is 114 cm³/mol. The number of carboxylic acid groups (broad SMARTS) is 1. The van der Waals surface area contributed by atoms with Crippen molar-refractivity contribution in [3.8, 4) is 0 Å². The third-order valence-corrected chi connectivity index (χ3v) is 5.72. The zero-order valence-corrected chi connectivity index (χ0v) is 18.5. The molecule has 0 aromatic heterocycles. The zero-order valence-electron chi connectivity index (χ0n) is 16.2. The average molecular weight is 416 g/mol. The van der Waals surface area contributed by atoms with Crippen molar-refractivity contribution in [3.05, 3.63) is 24.3 Å². The Hall–Kier alpha value is -0.600. The van der Waals surface area contributed by atoms with E-state index in [1.165, 1.54) is 12.8 Å². The van der Waals surface area contributed by atoms with E-state index in [-0.39, 0.29) is 36.2 Å². The number of Topliss-reactive ketones (excluding diaryl/α,β-unsaturated/α-hetero) is 1. The summed E-state index contributed by atoms with van der Waals surface area (Å²) in [5.74, 6) is -0.609. The van der Waals surface area contributed by atoms with Gasteiger partial charge >= 0.3 is 5.97 Å². The molecule has 1 saturated carbocycles. The number of aliphatic carboxylic acids is 1. The van der Waals surface area contributed by atoms with Gasteiger partial charge in [0, 0.05) is 43.6 Å². The Bertz CT molecular complexity index is 507. The fourth-order valence-electron chi connectivity index (χ4n) is 3.43. The van der Waals surface area contributed by atoms with Gasteiger partial charge in [-0.05, 0) is 25.7 Å². The maximum atomic E-state index is 12.4. The smallest absolute Gasteiger partial charge is 0.303 e. The van der Waals surface area contributed by atoms with Crippen molar-refractivity contribution in [2.45, 2.75) is 76.9 Å². The van der Waals surface area contributed by atoms with Crippen LogP contribution in [0.3, 0.4) is 0 Å². The van der Waals surface area contributed by atoms with Gasteiger partial charge in [-0.1, -0.05) is 50.5 Å². The molecule has 1 fully saturated rings. The van der Waals surface area contributed by atoms with Crippen molar-refractivity contribution in [2.24, 2.45) is 11.8 Å². The van der Waals surface area contributed by atoms with Crippen LogP contribution in [-0.4, -0.2) is 29.1 Å². The van der Waals surface area contributed by atoms with Gasteiger partial charge in [0.15, 0.2) is 0 Å². The molecule has 0 spiro atoms. The molecule has 27 heavy (non-hydrogen) atoms. The molecule has 1 aliphatic carbocycles. The summed E-state index contributed by atoms with van der Waals surface area (Å²) >= 11 is 0. The van der Waals surface area contributed by atoms with Crippen LogP contribution in [-0.2, 0) is 18.6 Å². The lowest BCUT2D eigenvalue weighted by molar-refractivity contribution is -0.137.